The van der Waals surface area contributed by atoms with Crippen LogP contribution in [-0.4, -0.2) is 47.0 Å². The first kappa shape index (κ1) is 18.8. The van der Waals surface area contributed by atoms with E-state index in [9.17, 15) is 14.9 Å². The van der Waals surface area contributed by atoms with E-state index in [2.05, 4.69) is 20.6 Å². The summed E-state index contributed by atoms with van der Waals surface area (Å²) in [6, 6.07) is 6.33. The SMILES string of the molecule is O=C(NCCNc1ccccc1[N+](=O)[O-])c1nc(N2CCCC2)ncc1Cl. The summed E-state index contributed by atoms with van der Waals surface area (Å²) in [5, 5.41) is 16.8. The van der Waals surface area contributed by atoms with Crippen molar-refractivity contribution in [2.24, 2.45) is 0 Å². The average Bonchev–Trinajstić information content (AvgIpc) is 3.20. The Balaban J connectivity index is 1.57. The number of nitrogens with zero attached hydrogens (tertiary/aromatic N) is 4. The second kappa shape index (κ2) is 8.63. The molecule has 3 rings (SSSR count). The van der Waals surface area contributed by atoms with Crippen molar-refractivity contribution in [1.82, 2.24) is 15.3 Å². The van der Waals surface area contributed by atoms with E-state index < -0.39 is 10.8 Å². The Morgan fingerprint density at radius 2 is 2.00 bits per heavy atom. The molecule has 1 aliphatic rings. The van der Waals surface area contributed by atoms with Crippen LogP contribution in [0, 0.1) is 10.1 Å². The molecule has 10 heteroatoms. The molecule has 9 nitrogen and oxygen atoms in total. The summed E-state index contributed by atoms with van der Waals surface area (Å²) in [5.41, 5.74) is 0.505. The number of carbonyl (C=O) groups is 1. The number of nitro benzene ring substituents is 1. The fourth-order valence-corrected chi connectivity index (χ4v) is 3.00. The molecule has 0 aliphatic carbocycles. The minimum Gasteiger partial charge on any atom is -0.378 e. The summed E-state index contributed by atoms with van der Waals surface area (Å²) < 4.78 is 0. The summed E-state index contributed by atoms with van der Waals surface area (Å²) in [7, 11) is 0. The molecule has 1 aromatic heterocycles. The van der Waals surface area contributed by atoms with Gasteiger partial charge in [-0.05, 0) is 18.9 Å². The van der Waals surface area contributed by atoms with Gasteiger partial charge in [-0.3, -0.25) is 14.9 Å². The van der Waals surface area contributed by atoms with E-state index in [1.54, 1.807) is 18.2 Å². The highest BCUT2D eigenvalue weighted by molar-refractivity contribution is 6.33. The number of amides is 1. The molecule has 27 heavy (non-hydrogen) atoms. The van der Waals surface area contributed by atoms with Crippen molar-refractivity contribution in [2.45, 2.75) is 12.8 Å². The molecule has 0 atom stereocenters. The van der Waals surface area contributed by atoms with Gasteiger partial charge in [0.1, 0.15) is 5.69 Å². The highest BCUT2D eigenvalue weighted by Gasteiger charge is 2.19. The maximum absolute atomic E-state index is 12.4. The van der Waals surface area contributed by atoms with Crippen molar-refractivity contribution in [3.8, 4) is 0 Å². The van der Waals surface area contributed by atoms with Gasteiger partial charge in [-0.25, -0.2) is 9.97 Å². The third kappa shape index (κ3) is 4.62. The van der Waals surface area contributed by atoms with Crippen molar-refractivity contribution in [3.63, 3.8) is 0 Å². The molecule has 1 aromatic carbocycles. The van der Waals surface area contributed by atoms with Crippen LogP contribution in [0.3, 0.4) is 0 Å². The smallest absolute Gasteiger partial charge is 0.292 e. The molecule has 2 aromatic rings. The van der Waals surface area contributed by atoms with Crippen LogP contribution >= 0.6 is 11.6 Å². The zero-order valence-electron chi connectivity index (χ0n) is 14.5. The number of hydrogen-bond donors (Lipinski definition) is 2. The number of aromatic nitrogens is 2. The van der Waals surface area contributed by atoms with Crippen LogP contribution in [-0.2, 0) is 0 Å². The summed E-state index contributed by atoms with van der Waals surface area (Å²) in [5.74, 6) is 0.0901. The lowest BCUT2D eigenvalue weighted by Crippen LogP contribution is -2.30. The van der Waals surface area contributed by atoms with Crippen LogP contribution in [0.15, 0.2) is 30.5 Å². The average molecular weight is 391 g/mol. The third-order valence-corrected chi connectivity index (χ3v) is 4.44. The van der Waals surface area contributed by atoms with Gasteiger partial charge in [0.15, 0.2) is 5.69 Å². The summed E-state index contributed by atoms with van der Waals surface area (Å²) in [6.07, 6.45) is 3.58. The number of hydrogen-bond acceptors (Lipinski definition) is 7. The molecule has 1 saturated heterocycles. The molecule has 1 amide bonds. The Kier molecular flexibility index (Phi) is 6.02. The maximum atomic E-state index is 12.4. The molecule has 1 fully saturated rings. The maximum Gasteiger partial charge on any atom is 0.292 e. The molecule has 2 heterocycles. The second-order valence-corrected chi connectivity index (χ2v) is 6.42. The van der Waals surface area contributed by atoms with Gasteiger partial charge in [0.2, 0.25) is 5.95 Å². The van der Waals surface area contributed by atoms with Crippen LogP contribution in [0.25, 0.3) is 0 Å². The number of nitro groups is 1. The van der Waals surface area contributed by atoms with Crippen LogP contribution in [0.5, 0.6) is 0 Å². The fraction of sp³-hybridized carbons (Fsp3) is 0.353. The Morgan fingerprint density at radius 1 is 1.26 bits per heavy atom. The first-order valence-corrected chi connectivity index (χ1v) is 8.97. The van der Waals surface area contributed by atoms with E-state index in [0.717, 1.165) is 25.9 Å². The van der Waals surface area contributed by atoms with E-state index in [4.69, 9.17) is 11.6 Å². The standard InChI is InChI=1S/C17H19ClN6O3/c18-12-11-21-17(23-9-3-4-10-23)22-15(12)16(25)20-8-7-19-13-5-1-2-6-14(13)24(26)27/h1-2,5-6,11,19H,3-4,7-10H2,(H,20,25). The van der Waals surface area contributed by atoms with Gasteiger partial charge in [-0.2, -0.15) is 0 Å². The molecule has 0 unspecified atom stereocenters. The Labute approximate surface area is 160 Å². The van der Waals surface area contributed by atoms with Crippen LogP contribution < -0.4 is 15.5 Å². The summed E-state index contributed by atoms with van der Waals surface area (Å²) in [6.45, 7) is 2.30. The van der Waals surface area contributed by atoms with Gasteiger partial charge in [-0.15, -0.1) is 0 Å². The van der Waals surface area contributed by atoms with Gasteiger partial charge < -0.3 is 15.5 Å². The number of halogens is 1. The topological polar surface area (TPSA) is 113 Å². The number of nitrogens with one attached hydrogen (secondary N) is 2. The third-order valence-electron chi connectivity index (χ3n) is 4.16. The van der Waals surface area contributed by atoms with Crippen LogP contribution in [0.4, 0.5) is 17.3 Å². The lowest BCUT2D eigenvalue weighted by atomic mass is 10.2. The zero-order valence-corrected chi connectivity index (χ0v) is 15.3. The molecular weight excluding hydrogens is 372 g/mol. The Hall–Kier alpha value is -2.94. The zero-order chi connectivity index (χ0) is 19.2. The molecule has 1 aliphatic heterocycles. The number of carbonyl (C=O) groups excluding carboxylic acids is 1. The van der Waals surface area contributed by atoms with Crippen molar-refractivity contribution < 1.29 is 9.72 Å². The highest BCUT2D eigenvalue weighted by Crippen LogP contribution is 2.23. The van der Waals surface area contributed by atoms with E-state index >= 15 is 0 Å². The number of para-hydroxylation sites is 2. The second-order valence-electron chi connectivity index (χ2n) is 6.02. The predicted octanol–water partition coefficient (Wildman–Crippen LogP) is 2.48. The first-order chi connectivity index (χ1) is 13.1. The molecule has 2 N–H and O–H groups in total. The minimum absolute atomic E-state index is 0.0158. The first-order valence-electron chi connectivity index (χ1n) is 8.59. The van der Waals surface area contributed by atoms with Gasteiger partial charge >= 0.3 is 0 Å². The number of benzene rings is 1. The molecule has 0 radical (unpaired) electrons. The van der Waals surface area contributed by atoms with Gasteiger partial charge in [-0.1, -0.05) is 23.7 Å². The largest absolute Gasteiger partial charge is 0.378 e. The minimum atomic E-state index is -0.457. The predicted molar refractivity (Wildman–Crippen MR) is 102 cm³/mol. The van der Waals surface area contributed by atoms with Gasteiger partial charge in [0.25, 0.3) is 11.6 Å². The van der Waals surface area contributed by atoms with Crippen LogP contribution in [0.1, 0.15) is 23.3 Å². The van der Waals surface area contributed by atoms with E-state index in [-0.39, 0.29) is 22.9 Å². The van der Waals surface area contributed by atoms with E-state index in [0.29, 0.717) is 18.2 Å². The summed E-state index contributed by atoms with van der Waals surface area (Å²) in [4.78, 5) is 33.4. The Bertz CT molecular complexity index is 841. The van der Waals surface area contributed by atoms with Gasteiger partial charge in [0.05, 0.1) is 16.1 Å². The van der Waals surface area contributed by atoms with Crippen molar-refractivity contribution in [1.29, 1.82) is 0 Å². The molecule has 0 saturated carbocycles. The number of anilines is 2. The van der Waals surface area contributed by atoms with E-state index in [1.165, 1.54) is 12.3 Å². The van der Waals surface area contributed by atoms with E-state index in [1.807, 2.05) is 4.90 Å². The fourth-order valence-electron chi connectivity index (χ4n) is 2.83. The molecule has 0 spiro atoms. The molecule has 0 bridgehead atoms. The van der Waals surface area contributed by atoms with Crippen molar-refractivity contribution in [3.05, 3.63) is 51.3 Å². The monoisotopic (exact) mass is 390 g/mol. The molecular formula is C17H19ClN6O3. The highest BCUT2D eigenvalue weighted by atomic mass is 35.5. The number of rotatable bonds is 7. The summed E-state index contributed by atoms with van der Waals surface area (Å²) >= 11 is 6.07. The van der Waals surface area contributed by atoms with Crippen molar-refractivity contribution in [2.75, 3.05) is 36.4 Å². The molecule has 142 valence electrons. The van der Waals surface area contributed by atoms with Crippen LogP contribution in [0.2, 0.25) is 5.02 Å². The van der Waals surface area contributed by atoms with Crippen molar-refractivity contribution >= 4 is 34.8 Å². The lowest BCUT2D eigenvalue weighted by molar-refractivity contribution is -0.384. The Morgan fingerprint density at radius 3 is 2.74 bits per heavy atom. The quantitative estimate of drug-likeness (QED) is 0.424. The normalized spacial score (nSPS) is 13.4. The lowest BCUT2D eigenvalue weighted by Gasteiger charge is -2.16. The van der Waals surface area contributed by atoms with Gasteiger partial charge in [0, 0.05) is 32.2 Å².